The monoisotopic (exact) mass is 309 g/mol. The van der Waals surface area contributed by atoms with Crippen LogP contribution in [0.2, 0.25) is 5.02 Å². The fraction of sp³-hybridized carbons (Fsp3) is 0.308. The van der Waals surface area contributed by atoms with Crippen LogP contribution in [0, 0.1) is 0 Å². The lowest BCUT2D eigenvalue weighted by atomic mass is 10.2. The van der Waals surface area contributed by atoms with Gasteiger partial charge in [-0.05, 0) is 22.1 Å². The highest BCUT2D eigenvalue weighted by molar-refractivity contribution is 6.31. The normalized spacial score (nSPS) is 10.2. The summed E-state index contributed by atoms with van der Waals surface area (Å²) < 4.78 is 12.1. The zero-order valence-corrected chi connectivity index (χ0v) is 12.6. The highest BCUT2D eigenvalue weighted by Crippen LogP contribution is 2.33. The van der Waals surface area contributed by atoms with E-state index in [0.717, 1.165) is 5.56 Å². The number of aromatic nitrogens is 4. The van der Waals surface area contributed by atoms with E-state index in [1.807, 2.05) is 6.07 Å². The molecule has 0 aliphatic carbocycles. The molecule has 2 aromatic rings. The van der Waals surface area contributed by atoms with E-state index < -0.39 is 0 Å². The van der Waals surface area contributed by atoms with Crippen molar-refractivity contribution in [1.29, 1.82) is 0 Å². The van der Waals surface area contributed by atoms with Crippen molar-refractivity contribution in [3.8, 4) is 11.5 Å². The number of rotatable bonds is 7. The van der Waals surface area contributed by atoms with Crippen LogP contribution >= 0.6 is 11.6 Å². The van der Waals surface area contributed by atoms with E-state index in [1.165, 1.54) is 0 Å². The number of halogens is 1. The van der Waals surface area contributed by atoms with E-state index in [0.29, 0.717) is 35.6 Å². The molecule has 0 radical (unpaired) electrons. The van der Waals surface area contributed by atoms with Gasteiger partial charge < -0.3 is 14.8 Å². The second kappa shape index (κ2) is 6.94. The van der Waals surface area contributed by atoms with Crippen LogP contribution in [0.3, 0.4) is 0 Å². The number of methoxy groups -OCH3 is 2. The summed E-state index contributed by atoms with van der Waals surface area (Å²) in [6.45, 7) is 4.63. The number of nitrogens with one attached hydrogen (secondary N) is 1. The van der Waals surface area contributed by atoms with Crippen molar-refractivity contribution in [3.63, 3.8) is 0 Å². The average molecular weight is 310 g/mol. The first-order chi connectivity index (χ1) is 10.2. The zero-order valence-electron chi connectivity index (χ0n) is 11.8. The van der Waals surface area contributed by atoms with Gasteiger partial charge in [-0.3, -0.25) is 0 Å². The quantitative estimate of drug-likeness (QED) is 0.790. The molecule has 8 heteroatoms. The number of allylic oxidation sites excluding steroid dienone is 1. The van der Waals surface area contributed by atoms with Gasteiger partial charge in [0.1, 0.15) is 0 Å². The number of tetrazole rings is 1. The molecule has 1 heterocycles. The lowest BCUT2D eigenvalue weighted by molar-refractivity contribution is 0.354. The number of anilines is 1. The van der Waals surface area contributed by atoms with Gasteiger partial charge in [0.25, 0.3) is 0 Å². The molecule has 0 amide bonds. The van der Waals surface area contributed by atoms with Crippen molar-refractivity contribution in [2.24, 2.45) is 0 Å². The third kappa shape index (κ3) is 3.43. The Kier molecular flexibility index (Phi) is 4.99. The topological polar surface area (TPSA) is 74.1 Å². The SMILES string of the molecule is C=CCn1nnnc1NCc1cc(OC)c(OC)cc1Cl. The molecule has 0 aliphatic heterocycles. The van der Waals surface area contributed by atoms with Gasteiger partial charge in [0.15, 0.2) is 11.5 Å². The van der Waals surface area contributed by atoms with Crippen LogP contribution in [0.5, 0.6) is 11.5 Å². The molecule has 112 valence electrons. The first kappa shape index (κ1) is 15.1. The van der Waals surface area contributed by atoms with E-state index in [9.17, 15) is 0 Å². The molecule has 21 heavy (non-hydrogen) atoms. The summed E-state index contributed by atoms with van der Waals surface area (Å²) in [6.07, 6.45) is 1.71. The third-order valence-electron chi connectivity index (χ3n) is 2.82. The fourth-order valence-corrected chi connectivity index (χ4v) is 2.00. The Hall–Kier alpha value is -2.28. The maximum absolute atomic E-state index is 6.23. The highest BCUT2D eigenvalue weighted by atomic mass is 35.5. The maximum Gasteiger partial charge on any atom is 0.243 e. The Morgan fingerprint density at radius 3 is 2.71 bits per heavy atom. The predicted octanol–water partition coefficient (Wildman–Crippen LogP) is 2.14. The summed E-state index contributed by atoms with van der Waals surface area (Å²) in [6, 6.07) is 3.53. The van der Waals surface area contributed by atoms with Crippen LogP contribution < -0.4 is 14.8 Å². The van der Waals surface area contributed by atoms with E-state index in [-0.39, 0.29) is 0 Å². The molecule has 0 fully saturated rings. The fourth-order valence-electron chi connectivity index (χ4n) is 1.78. The number of ether oxygens (including phenoxy) is 2. The van der Waals surface area contributed by atoms with Crippen LogP contribution in [-0.4, -0.2) is 34.4 Å². The van der Waals surface area contributed by atoms with Gasteiger partial charge >= 0.3 is 0 Å². The molecule has 1 aromatic carbocycles. The molecule has 1 aromatic heterocycles. The van der Waals surface area contributed by atoms with Crippen LogP contribution in [0.4, 0.5) is 5.95 Å². The molecular formula is C13H16ClN5O2. The van der Waals surface area contributed by atoms with E-state index in [2.05, 4.69) is 27.4 Å². The molecule has 0 bridgehead atoms. The Balaban J connectivity index is 2.16. The summed E-state index contributed by atoms with van der Waals surface area (Å²) in [7, 11) is 3.14. The lowest BCUT2D eigenvalue weighted by Gasteiger charge is -2.12. The van der Waals surface area contributed by atoms with Crippen molar-refractivity contribution >= 4 is 17.5 Å². The second-order valence-corrected chi connectivity index (χ2v) is 4.53. The lowest BCUT2D eigenvalue weighted by Crippen LogP contribution is -2.08. The van der Waals surface area contributed by atoms with E-state index in [1.54, 1.807) is 31.0 Å². The minimum absolute atomic E-state index is 0.455. The molecule has 0 saturated carbocycles. The van der Waals surface area contributed by atoms with Crippen molar-refractivity contribution < 1.29 is 9.47 Å². The first-order valence-corrected chi connectivity index (χ1v) is 6.58. The first-order valence-electron chi connectivity index (χ1n) is 6.21. The summed E-state index contributed by atoms with van der Waals surface area (Å²) in [5.74, 6) is 1.74. The van der Waals surface area contributed by atoms with Crippen LogP contribution in [0.1, 0.15) is 5.56 Å². The van der Waals surface area contributed by atoms with Crippen molar-refractivity contribution in [1.82, 2.24) is 20.2 Å². The molecule has 2 rings (SSSR count). The van der Waals surface area contributed by atoms with Gasteiger partial charge in [0, 0.05) is 17.6 Å². The molecule has 0 aliphatic rings. The summed E-state index contributed by atoms with van der Waals surface area (Å²) in [5, 5.41) is 15.1. The Morgan fingerprint density at radius 1 is 1.33 bits per heavy atom. The smallest absolute Gasteiger partial charge is 0.243 e. The zero-order chi connectivity index (χ0) is 15.2. The van der Waals surface area contributed by atoms with E-state index in [4.69, 9.17) is 21.1 Å². The van der Waals surface area contributed by atoms with Crippen molar-refractivity contribution in [2.45, 2.75) is 13.1 Å². The van der Waals surface area contributed by atoms with Crippen molar-refractivity contribution in [3.05, 3.63) is 35.4 Å². The Morgan fingerprint density at radius 2 is 2.05 bits per heavy atom. The largest absolute Gasteiger partial charge is 0.493 e. The van der Waals surface area contributed by atoms with Gasteiger partial charge in [-0.1, -0.05) is 22.8 Å². The number of hydrogen-bond donors (Lipinski definition) is 1. The van der Waals surface area contributed by atoms with Gasteiger partial charge in [-0.25, -0.2) is 4.68 Å². The van der Waals surface area contributed by atoms with Gasteiger partial charge in [0.05, 0.1) is 20.8 Å². The molecule has 0 spiro atoms. The Labute approximate surface area is 127 Å². The summed E-state index contributed by atoms with van der Waals surface area (Å²) >= 11 is 6.23. The van der Waals surface area contributed by atoms with Crippen molar-refractivity contribution in [2.75, 3.05) is 19.5 Å². The Bertz CT molecular complexity index is 629. The minimum atomic E-state index is 0.455. The standard InChI is InChI=1S/C13H16ClN5O2/c1-4-5-19-13(16-17-18-19)15-8-9-6-11(20-2)12(21-3)7-10(9)14/h4,6-7H,1,5,8H2,2-3H3,(H,15,16,18). The molecule has 0 saturated heterocycles. The molecule has 0 unspecified atom stereocenters. The van der Waals surface area contributed by atoms with E-state index >= 15 is 0 Å². The van der Waals surface area contributed by atoms with Crippen LogP contribution in [0.25, 0.3) is 0 Å². The molecule has 7 nitrogen and oxygen atoms in total. The second-order valence-electron chi connectivity index (χ2n) is 4.13. The summed E-state index contributed by atoms with van der Waals surface area (Å²) in [5.41, 5.74) is 0.850. The molecule has 0 atom stereocenters. The number of nitrogens with zero attached hydrogens (tertiary/aromatic N) is 4. The van der Waals surface area contributed by atoms with Gasteiger partial charge in [0.2, 0.25) is 5.95 Å². The predicted molar refractivity (Wildman–Crippen MR) is 79.9 cm³/mol. The highest BCUT2D eigenvalue weighted by Gasteiger charge is 2.11. The number of hydrogen-bond acceptors (Lipinski definition) is 6. The molecular weight excluding hydrogens is 294 g/mol. The third-order valence-corrected chi connectivity index (χ3v) is 3.18. The molecule has 1 N–H and O–H groups in total. The maximum atomic E-state index is 6.23. The van der Waals surface area contributed by atoms with Crippen LogP contribution in [0.15, 0.2) is 24.8 Å². The number of benzene rings is 1. The average Bonchev–Trinajstić information content (AvgIpc) is 2.93. The summed E-state index contributed by atoms with van der Waals surface area (Å²) in [4.78, 5) is 0. The van der Waals surface area contributed by atoms with Gasteiger partial charge in [-0.2, -0.15) is 0 Å². The van der Waals surface area contributed by atoms with Crippen LogP contribution in [-0.2, 0) is 13.1 Å². The minimum Gasteiger partial charge on any atom is -0.493 e. The van der Waals surface area contributed by atoms with Gasteiger partial charge in [-0.15, -0.1) is 6.58 Å².